The Morgan fingerprint density at radius 3 is 2.60 bits per heavy atom. The zero-order valence-electron chi connectivity index (χ0n) is 14.5. The molecule has 0 radical (unpaired) electrons. The minimum absolute atomic E-state index is 0.513. The van der Waals surface area contributed by atoms with Crippen molar-refractivity contribution in [3.8, 4) is 17.6 Å². The lowest BCUT2D eigenvalue weighted by Crippen LogP contribution is -2.29. The number of rotatable bonds is 3. The highest BCUT2D eigenvalue weighted by molar-refractivity contribution is 5.86. The van der Waals surface area contributed by atoms with Crippen molar-refractivity contribution in [2.24, 2.45) is 5.73 Å². The summed E-state index contributed by atoms with van der Waals surface area (Å²) in [7, 11) is 1.62. The summed E-state index contributed by atoms with van der Waals surface area (Å²) < 4.78 is 5.49. The fourth-order valence-corrected chi connectivity index (χ4v) is 2.28. The normalized spacial score (nSPS) is 10.9. The number of nitrogens with zero attached hydrogens (tertiary/aromatic N) is 2. The lowest BCUT2D eigenvalue weighted by Gasteiger charge is -2.10. The molecule has 0 bridgehead atoms. The quantitative estimate of drug-likeness (QED) is 0.719. The summed E-state index contributed by atoms with van der Waals surface area (Å²) in [4.78, 5) is 8.95. The first-order valence-corrected chi connectivity index (χ1v) is 7.93. The van der Waals surface area contributed by atoms with Crippen LogP contribution in [0.4, 0.5) is 11.6 Å². The van der Waals surface area contributed by atoms with Gasteiger partial charge in [0.05, 0.1) is 12.6 Å². The first-order chi connectivity index (χ1) is 11.9. The Morgan fingerprint density at radius 1 is 1.16 bits per heavy atom. The second-order valence-corrected chi connectivity index (χ2v) is 6.27. The van der Waals surface area contributed by atoms with Gasteiger partial charge in [0.25, 0.3) is 0 Å². The Labute approximate surface area is 147 Å². The van der Waals surface area contributed by atoms with E-state index in [4.69, 9.17) is 10.5 Å². The van der Waals surface area contributed by atoms with Crippen LogP contribution in [0.25, 0.3) is 10.9 Å². The van der Waals surface area contributed by atoms with E-state index < -0.39 is 5.54 Å². The maximum atomic E-state index is 5.92. The van der Waals surface area contributed by atoms with Crippen LogP contribution in [0.2, 0.25) is 0 Å². The van der Waals surface area contributed by atoms with E-state index >= 15 is 0 Å². The molecule has 0 saturated heterocycles. The average Bonchev–Trinajstić information content (AvgIpc) is 2.59. The van der Waals surface area contributed by atoms with Gasteiger partial charge in [-0.3, -0.25) is 0 Å². The number of benzene rings is 2. The molecule has 1 aromatic heterocycles. The summed E-state index contributed by atoms with van der Waals surface area (Å²) in [6.45, 7) is 3.73. The van der Waals surface area contributed by atoms with E-state index in [9.17, 15) is 0 Å². The summed E-state index contributed by atoms with van der Waals surface area (Å²) in [6, 6.07) is 13.6. The van der Waals surface area contributed by atoms with Crippen molar-refractivity contribution in [1.82, 2.24) is 9.97 Å². The van der Waals surface area contributed by atoms with E-state index in [-0.39, 0.29) is 0 Å². The molecule has 0 fully saturated rings. The Kier molecular flexibility index (Phi) is 4.55. The Hall–Kier alpha value is -3.10. The Bertz CT molecular complexity index is 950. The highest BCUT2D eigenvalue weighted by atomic mass is 16.5. The van der Waals surface area contributed by atoms with E-state index in [1.54, 1.807) is 13.3 Å². The number of anilines is 2. The highest BCUT2D eigenvalue weighted by Crippen LogP contribution is 2.26. The third-order valence-electron chi connectivity index (χ3n) is 3.43. The van der Waals surface area contributed by atoms with Gasteiger partial charge in [-0.05, 0) is 38.1 Å². The number of ether oxygens (including phenoxy) is 1. The topological polar surface area (TPSA) is 73.1 Å². The average molecular weight is 332 g/mol. The second kappa shape index (κ2) is 6.80. The van der Waals surface area contributed by atoms with Crippen molar-refractivity contribution in [1.29, 1.82) is 0 Å². The predicted molar refractivity (Wildman–Crippen MR) is 101 cm³/mol. The van der Waals surface area contributed by atoms with Crippen molar-refractivity contribution < 1.29 is 4.74 Å². The zero-order valence-corrected chi connectivity index (χ0v) is 14.5. The molecule has 0 aliphatic rings. The molecule has 25 heavy (non-hydrogen) atoms. The summed E-state index contributed by atoms with van der Waals surface area (Å²) in [5.74, 6) is 7.26. The smallest absolute Gasteiger partial charge is 0.227 e. The largest absolute Gasteiger partial charge is 0.494 e. The van der Waals surface area contributed by atoms with Gasteiger partial charge in [0.15, 0.2) is 0 Å². The molecule has 0 saturated carbocycles. The molecule has 2 aromatic carbocycles. The van der Waals surface area contributed by atoms with Gasteiger partial charge in [-0.1, -0.05) is 30.0 Å². The molecule has 0 spiro atoms. The van der Waals surface area contributed by atoms with Gasteiger partial charge in [0.1, 0.15) is 11.3 Å². The fourth-order valence-electron chi connectivity index (χ4n) is 2.28. The predicted octanol–water partition coefficient (Wildman–Crippen LogP) is 3.47. The van der Waals surface area contributed by atoms with Crippen LogP contribution in [0.5, 0.6) is 5.75 Å². The minimum Gasteiger partial charge on any atom is -0.494 e. The van der Waals surface area contributed by atoms with Crippen molar-refractivity contribution in [2.75, 3.05) is 12.4 Å². The Morgan fingerprint density at radius 2 is 1.92 bits per heavy atom. The van der Waals surface area contributed by atoms with Gasteiger partial charge in [-0.2, -0.15) is 0 Å². The third kappa shape index (κ3) is 4.25. The Balaban J connectivity index is 2.00. The van der Waals surface area contributed by atoms with E-state index in [1.807, 2.05) is 56.3 Å². The number of nitrogens with one attached hydrogen (secondary N) is 1. The summed E-state index contributed by atoms with van der Waals surface area (Å²) in [6.07, 6.45) is 1.76. The van der Waals surface area contributed by atoms with Gasteiger partial charge < -0.3 is 15.8 Å². The molecule has 0 aliphatic heterocycles. The molecule has 3 aromatic rings. The molecule has 126 valence electrons. The molecule has 3 N–H and O–H groups in total. The van der Waals surface area contributed by atoms with Crippen molar-refractivity contribution in [3.05, 3.63) is 54.2 Å². The van der Waals surface area contributed by atoms with Crippen LogP contribution in [-0.4, -0.2) is 22.6 Å². The molecular weight excluding hydrogens is 312 g/mol. The third-order valence-corrected chi connectivity index (χ3v) is 3.43. The van der Waals surface area contributed by atoms with Crippen LogP contribution in [0.15, 0.2) is 48.7 Å². The number of hydrogen-bond acceptors (Lipinski definition) is 5. The first kappa shape index (κ1) is 16.7. The zero-order chi connectivity index (χ0) is 17.9. The molecule has 1 heterocycles. The maximum absolute atomic E-state index is 5.92. The van der Waals surface area contributed by atoms with Crippen LogP contribution >= 0.6 is 0 Å². The van der Waals surface area contributed by atoms with Gasteiger partial charge in [0.2, 0.25) is 5.95 Å². The summed E-state index contributed by atoms with van der Waals surface area (Å²) in [5, 5.41) is 4.04. The SMILES string of the molecule is COc1cc(C#CC(C)(C)N)cc2cnc(Nc3ccccc3)nc12. The highest BCUT2D eigenvalue weighted by Gasteiger charge is 2.09. The van der Waals surface area contributed by atoms with Crippen LogP contribution in [0.1, 0.15) is 19.4 Å². The van der Waals surface area contributed by atoms with Gasteiger partial charge in [0, 0.05) is 22.8 Å². The van der Waals surface area contributed by atoms with E-state index in [1.165, 1.54) is 0 Å². The lowest BCUT2D eigenvalue weighted by atomic mass is 10.1. The monoisotopic (exact) mass is 332 g/mol. The number of hydrogen-bond donors (Lipinski definition) is 2. The molecule has 0 atom stereocenters. The lowest BCUT2D eigenvalue weighted by molar-refractivity contribution is 0.418. The van der Waals surface area contributed by atoms with Crippen LogP contribution in [0.3, 0.4) is 0 Å². The number of nitrogens with two attached hydrogens (primary N) is 1. The fraction of sp³-hybridized carbons (Fsp3) is 0.200. The molecule has 3 rings (SSSR count). The van der Waals surface area contributed by atoms with Crippen molar-refractivity contribution in [2.45, 2.75) is 19.4 Å². The number of aromatic nitrogens is 2. The summed E-state index contributed by atoms with van der Waals surface area (Å²) >= 11 is 0. The number of methoxy groups -OCH3 is 1. The van der Waals surface area contributed by atoms with E-state index in [0.717, 1.165) is 22.2 Å². The molecule has 5 heteroatoms. The molecule has 5 nitrogen and oxygen atoms in total. The van der Waals surface area contributed by atoms with E-state index in [0.29, 0.717) is 11.7 Å². The van der Waals surface area contributed by atoms with Crippen LogP contribution in [-0.2, 0) is 0 Å². The molecular formula is C20H20N4O. The second-order valence-electron chi connectivity index (χ2n) is 6.27. The van der Waals surface area contributed by atoms with Gasteiger partial charge in [-0.25, -0.2) is 9.97 Å². The number of fused-ring (bicyclic) bond motifs is 1. The standard InChI is InChI=1S/C20H20N4O/c1-20(2,21)10-9-14-11-15-13-22-19(23-16-7-5-4-6-8-16)24-18(15)17(12-14)25-3/h4-8,11-13H,21H2,1-3H3,(H,22,23,24). The number of para-hydroxylation sites is 1. The molecule has 0 unspecified atom stereocenters. The maximum Gasteiger partial charge on any atom is 0.227 e. The van der Waals surface area contributed by atoms with Crippen molar-refractivity contribution in [3.63, 3.8) is 0 Å². The van der Waals surface area contributed by atoms with Crippen LogP contribution in [0, 0.1) is 11.8 Å². The van der Waals surface area contributed by atoms with Crippen LogP contribution < -0.4 is 15.8 Å². The van der Waals surface area contributed by atoms with Crippen molar-refractivity contribution >= 4 is 22.5 Å². The van der Waals surface area contributed by atoms with Gasteiger partial charge in [-0.15, -0.1) is 0 Å². The van der Waals surface area contributed by atoms with E-state index in [2.05, 4.69) is 27.1 Å². The van der Waals surface area contributed by atoms with Gasteiger partial charge >= 0.3 is 0 Å². The molecule has 0 amide bonds. The molecule has 0 aliphatic carbocycles. The summed E-state index contributed by atoms with van der Waals surface area (Å²) in [5.41, 5.74) is 7.84. The minimum atomic E-state index is -0.553. The first-order valence-electron chi connectivity index (χ1n) is 7.93.